The lowest BCUT2D eigenvalue weighted by Gasteiger charge is -2.30. The standard InChI is InChI=1S/C19H27ClN2O/c1-2-22-13-5-6-17(22)14-21-18(23)19(11-3-4-12-19)15-7-9-16(20)10-8-15/h7-10,17H,2-6,11-14H2,1H3,(H,21,23). The van der Waals surface area contributed by atoms with Crippen molar-refractivity contribution in [1.82, 2.24) is 10.2 Å². The van der Waals surface area contributed by atoms with Crippen LogP contribution >= 0.6 is 11.6 Å². The van der Waals surface area contributed by atoms with E-state index in [1.54, 1.807) is 0 Å². The molecule has 2 aliphatic rings. The Morgan fingerprint density at radius 3 is 2.61 bits per heavy atom. The van der Waals surface area contributed by atoms with Gasteiger partial charge in [-0.3, -0.25) is 9.69 Å². The molecule has 4 heteroatoms. The van der Waals surface area contributed by atoms with Crippen molar-refractivity contribution in [1.29, 1.82) is 0 Å². The second-order valence-corrected chi connectivity index (χ2v) is 7.37. The van der Waals surface area contributed by atoms with Crippen molar-refractivity contribution in [3.63, 3.8) is 0 Å². The van der Waals surface area contributed by atoms with Gasteiger partial charge >= 0.3 is 0 Å². The number of hydrogen-bond donors (Lipinski definition) is 1. The number of carbonyl (C=O) groups is 1. The maximum atomic E-state index is 13.0. The Labute approximate surface area is 144 Å². The molecule has 3 nitrogen and oxygen atoms in total. The summed E-state index contributed by atoms with van der Waals surface area (Å²) in [6.07, 6.45) is 6.59. The minimum atomic E-state index is -0.347. The maximum Gasteiger partial charge on any atom is 0.230 e. The molecule has 2 fully saturated rings. The number of likely N-dealkylation sites (N-methyl/N-ethyl adjacent to an activating group) is 1. The number of hydrogen-bond acceptors (Lipinski definition) is 2. The quantitative estimate of drug-likeness (QED) is 0.889. The molecule has 23 heavy (non-hydrogen) atoms. The highest BCUT2D eigenvalue weighted by molar-refractivity contribution is 6.30. The smallest absolute Gasteiger partial charge is 0.230 e. The van der Waals surface area contributed by atoms with Crippen molar-refractivity contribution < 1.29 is 4.79 Å². The van der Waals surface area contributed by atoms with E-state index in [2.05, 4.69) is 17.1 Å². The van der Waals surface area contributed by atoms with E-state index in [0.29, 0.717) is 6.04 Å². The number of nitrogens with zero attached hydrogens (tertiary/aromatic N) is 1. The fourth-order valence-corrected chi connectivity index (χ4v) is 4.44. The zero-order valence-corrected chi connectivity index (χ0v) is 14.7. The first-order valence-electron chi connectivity index (χ1n) is 8.94. The van der Waals surface area contributed by atoms with Crippen LogP contribution in [0.3, 0.4) is 0 Å². The van der Waals surface area contributed by atoms with E-state index >= 15 is 0 Å². The van der Waals surface area contributed by atoms with Gasteiger partial charge in [0.25, 0.3) is 0 Å². The molecule has 1 amide bonds. The third kappa shape index (κ3) is 3.41. The van der Waals surface area contributed by atoms with Crippen molar-refractivity contribution in [3.05, 3.63) is 34.9 Å². The van der Waals surface area contributed by atoms with E-state index in [1.165, 1.54) is 19.4 Å². The lowest BCUT2D eigenvalue weighted by molar-refractivity contribution is -0.126. The summed E-state index contributed by atoms with van der Waals surface area (Å²) < 4.78 is 0. The van der Waals surface area contributed by atoms with Crippen LogP contribution in [0.2, 0.25) is 5.02 Å². The summed E-state index contributed by atoms with van der Waals surface area (Å²) >= 11 is 6.02. The Kier molecular flexibility index (Phi) is 5.27. The van der Waals surface area contributed by atoms with Crippen molar-refractivity contribution in [2.24, 2.45) is 0 Å². The minimum Gasteiger partial charge on any atom is -0.354 e. The highest BCUT2D eigenvalue weighted by Gasteiger charge is 2.42. The van der Waals surface area contributed by atoms with E-state index in [4.69, 9.17) is 11.6 Å². The molecule has 3 rings (SSSR count). The number of benzene rings is 1. The predicted molar refractivity (Wildman–Crippen MR) is 94.9 cm³/mol. The van der Waals surface area contributed by atoms with E-state index < -0.39 is 0 Å². The van der Waals surface area contributed by atoms with Gasteiger partial charge in [0.1, 0.15) is 0 Å². The molecule has 1 aromatic carbocycles. The molecule has 0 radical (unpaired) electrons. The van der Waals surface area contributed by atoms with Gasteiger partial charge in [-0.15, -0.1) is 0 Å². The first-order valence-corrected chi connectivity index (χ1v) is 9.32. The molecular weight excluding hydrogens is 308 g/mol. The van der Waals surface area contributed by atoms with Gasteiger partial charge in [0.15, 0.2) is 0 Å². The van der Waals surface area contributed by atoms with Crippen molar-refractivity contribution >= 4 is 17.5 Å². The summed E-state index contributed by atoms with van der Waals surface area (Å²) in [5, 5.41) is 4.00. The molecule has 1 aliphatic carbocycles. The van der Waals surface area contributed by atoms with Crippen LogP contribution in [0.15, 0.2) is 24.3 Å². The Balaban J connectivity index is 1.70. The molecule has 1 saturated heterocycles. The Bertz CT molecular complexity index is 537. The van der Waals surface area contributed by atoms with Crippen molar-refractivity contribution in [3.8, 4) is 0 Å². The zero-order chi connectivity index (χ0) is 16.3. The number of carbonyl (C=O) groups excluding carboxylic acids is 1. The van der Waals surface area contributed by atoms with Crippen LogP contribution in [-0.2, 0) is 10.2 Å². The number of rotatable bonds is 5. The number of halogens is 1. The molecule has 1 heterocycles. The van der Waals surface area contributed by atoms with Crippen molar-refractivity contribution in [2.75, 3.05) is 19.6 Å². The molecule has 1 unspecified atom stereocenters. The van der Waals surface area contributed by atoms with Crippen LogP contribution in [0.25, 0.3) is 0 Å². The van der Waals surface area contributed by atoms with Gasteiger partial charge in [0.05, 0.1) is 5.41 Å². The van der Waals surface area contributed by atoms with Crippen LogP contribution in [0.1, 0.15) is 51.0 Å². The van der Waals surface area contributed by atoms with Gasteiger partial charge in [-0.25, -0.2) is 0 Å². The fraction of sp³-hybridized carbons (Fsp3) is 0.632. The molecule has 0 aromatic heterocycles. The maximum absolute atomic E-state index is 13.0. The molecule has 0 bridgehead atoms. The van der Waals surface area contributed by atoms with Gasteiger partial charge in [-0.1, -0.05) is 43.5 Å². The summed E-state index contributed by atoms with van der Waals surface area (Å²) in [4.78, 5) is 15.5. The van der Waals surface area contributed by atoms with E-state index in [1.807, 2.05) is 24.3 Å². The average molecular weight is 335 g/mol. The average Bonchev–Trinajstić information content (AvgIpc) is 3.23. The fourth-order valence-electron chi connectivity index (χ4n) is 4.32. The predicted octanol–water partition coefficient (Wildman–Crippen LogP) is 3.75. The molecule has 0 spiro atoms. The largest absolute Gasteiger partial charge is 0.354 e. The second kappa shape index (κ2) is 7.23. The minimum absolute atomic E-state index is 0.209. The number of nitrogens with one attached hydrogen (secondary N) is 1. The summed E-state index contributed by atoms with van der Waals surface area (Å²) in [5.41, 5.74) is 0.774. The lowest BCUT2D eigenvalue weighted by atomic mass is 9.78. The highest BCUT2D eigenvalue weighted by Crippen LogP contribution is 2.41. The Morgan fingerprint density at radius 2 is 1.96 bits per heavy atom. The van der Waals surface area contributed by atoms with Gasteiger partial charge in [-0.05, 0) is 56.5 Å². The van der Waals surface area contributed by atoms with Gasteiger partial charge in [0, 0.05) is 17.6 Å². The molecule has 1 aromatic rings. The summed E-state index contributed by atoms with van der Waals surface area (Å²) in [6.45, 7) is 5.22. The Morgan fingerprint density at radius 1 is 1.26 bits per heavy atom. The van der Waals surface area contributed by atoms with Crippen LogP contribution in [-0.4, -0.2) is 36.5 Å². The molecule has 126 valence electrons. The van der Waals surface area contributed by atoms with E-state index in [0.717, 1.165) is 49.4 Å². The van der Waals surface area contributed by atoms with Crippen LogP contribution in [0.5, 0.6) is 0 Å². The SMILES string of the molecule is CCN1CCCC1CNC(=O)C1(c2ccc(Cl)cc2)CCCC1. The van der Waals surface area contributed by atoms with Crippen molar-refractivity contribution in [2.45, 2.75) is 56.9 Å². The molecule has 1 saturated carbocycles. The molecular formula is C19H27ClN2O. The number of likely N-dealkylation sites (tertiary alicyclic amines) is 1. The first-order chi connectivity index (χ1) is 11.2. The van der Waals surface area contributed by atoms with Gasteiger partial charge in [0.2, 0.25) is 5.91 Å². The molecule has 1 N–H and O–H groups in total. The lowest BCUT2D eigenvalue weighted by Crippen LogP contribution is -2.47. The van der Waals surface area contributed by atoms with Crippen LogP contribution < -0.4 is 5.32 Å². The second-order valence-electron chi connectivity index (χ2n) is 6.93. The zero-order valence-electron chi connectivity index (χ0n) is 14.0. The first kappa shape index (κ1) is 16.8. The van der Waals surface area contributed by atoms with Gasteiger partial charge in [-0.2, -0.15) is 0 Å². The molecule has 1 aliphatic heterocycles. The number of amides is 1. The third-order valence-electron chi connectivity index (χ3n) is 5.69. The third-order valence-corrected chi connectivity index (χ3v) is 5.94. The van der Waals surface area contributed by atoms with Crippen LogP contribution in [0.4, 0.5) is 0 Å². The van der Waals surface area contributed by atoms with Crippen LogP contribution in [0, 0.1) is 0 Å². The molecule has 1 atom stereocenters. The summed E-state index contributed by atoms with van der Waals surface area (Å²) in [7, 11) is 0. The normalized spacial score (nSPS) is 24.0. The monoisotopic (exact) mass is 334 g/mol. The van der Waals surface area contributed by atoms with E-state index in [-0.39, 0.29) is 11.3 Å². The van der Waals surface area contributed by atoms with Gasteiger partial charge < -0.3 is 5.32 Å². The summed E-state index contributed by atoms with van der Waals surface area (Å²) in [6, 6.07) is 8.37. The Hall–Kier alpha value is -1.06. The topological polar surface area (TPSA) is 32.3 Å². The highest BCUT2D eigenvalue weighted by atomic mass is 35.5. The van der Waals surface area contributed by atoms with E-state index in [9.17, 15) is 4.79 Å². The summed E-state index contributed by atoms with van der Waals surface area (Å²) in [5.74, 6) is 0.209.